The summed E-state index contributed by atoms with van der Waals surface area (Å²) in [4.78, 5) is 6.52. The van der Waals surface area contributed by atoms with Crippen LogP contribution in [0.2, 0.25) is 0 Å². The Bertz CT molecular complexity index is 861. The maximum Gasteiger partial charge on any atom is 0.159 e. The van der Waals surface area contributed by atoms with Crippen molar-refractivity contribution < 1.29 is 0 Å². The molecule has 0 radical (unpaired) electrons. The molecule has 1 aliphatic rings. The number of anilines is 2. The van der Waals surface area contributed by atoms with Crippen molar-refractivity contribution in [2.24, 2.45) is 0 Å². The molecule has 0 amide bonds. The van der Waals surface area contributed by atoms with Crippen molar-refractivity contribution in [1.29, 1.82) is 0 Å². The number of H-pyrrole nitrogens is 1. The van der Waals surface area contributed by atoms with Crippen LogP contribution in [0.5, 0.6) is 0 Å². The summed E-state index contributed by atoms with van der Waals surface area (Å²) in [7, 11) is 0. The summed E-state index contributed by atoms with van der Waals surface area (Å²) in [5, 5.41) is 11.5. The van der Waals surface area contributed by atoms with Gasteiger partial charge in [-0.05, 0) is 43.7 Å². The SMILES string of the molecule is CC1CN(c2n[nH]c(-c3ccc(N)cc3)c2-c2ccncc2)CC(C)N1. The molecule has 2 aromatic heterocycles. The van der Waals surface area contributed by atoms with Crippen LogP contribution in [0.15, 0.2) is 48.8 Å². The Morgan fingerprint density at radius 1 is 0.962 bits per heavy atom. The van der Waals surface area contributed by atoms with Crippen molar-refractivity contribution in [3.63, 3.8) is 0 Å². The third-order valence-electron chi connectivity index (χ3n) is 4.77. The molecule has 3 heterocycles. The van der Waals surface area contributed by atoms with Gasteiger partial charge in [0, 0.05) is 48.8 Å². The molecule has 4 rings (SSSR count). The number of aromatic amines is 1. The van der Waals surface area contributed by atoms with Crippen LogP contribution in [0.4, 0.5) is 11.5 Å². The Kier molecular flexibility index (Phi) is 4.34. The van der Waals surface area contributed by atoms with Crippen LogP contribution in [0.25, 0.3) is 22.4 Å². The standard InChI is InChI=1S/C20H24N6/c1-13-11-26(12-14(2)23-13)20-18(15-7-9-22-10-8-15)19(24-25-20)16-3-5-17(21)6-4-16/h3-10,13-14,23H,11-12,21H2,1-2H3,(H,24,25). The first kappa shape index (κ1) is 16.6. The van der Waals surface area contributed by atoms with Crippen LogP contribution < -0.4 is 16.0 Å². The van der Waals surface area contributed by atoms with Crippen molar-refractivity contribution >= 4 is 11.5 Å². The van der Waals surface area contributed by atoms with E-state index in [9.17, 15) is 0 Å². The molecule has 4 N–H and O–H groups in total. The lowest BCUT2D eigenvalue weighted by Crippen LogP contribution is -2.54. The lowest BCUT2D eigenvalue weighted by molar-refractivity contribution is 0.405. The molecule has 1 aliphatic heterocycles. The van der Waals surface area contributed by atoms with Crippen molar-refractivity contribution in [3.05, 3.63) is 48.8 Å². The first-order valence-electron chi connectivity index (χ1n) is 8.97. The van der Waals surface area contributed by atoms with Gasteiger partial charge in [-0.25, -0.2) is 0 Å². The maximum atomic E-state index is 5.86. The summed E-state index contributed by atoms with van der Waals surface area (Å²) >= 11 is 0. The monoisotopic (exact) mass is 348 g/mol. The molecule has 134 valence electrons. The van der Waals surface area contributed by atoms with Crippen LogP contribution in [-0.2, 0) is 0 Å². The number of piperazine rings is 1. The number of benzene rings is 1. The van der Waals surface area contributed by atoms with Crippen molar-refractivity contribution in [3.8, 4) is 22.4 Å². The van der Waals surface area contributed by atoms with Gasteiger partial charge < -0.3 is 16.0 Å². The van der Waals surface area contributed by atoms with Crippen LogP contribution in [-0.4, -0.2) is 40.4 Å². The fraction of sp³-hybridized carbons (Fsp3) is 0.300. The summed E-state index contributed by atoms with van der Waals surface area (Å²) in [5.41, 5.74) is 10.9. The number of nitrogens with one attached hydrogen (secondary N) is 2. The number of nitrogens with zero attached hydrogens (tertiary/aromatic N) is 3. The first-order valence-corrected chi connectivity index (χ1v) is 8.97. The molecule has 6 heteroatoms. The zero-order valence-corrected chi connectivity index (χ0v) is 15.1. The van der Waals surface area contributed by atoms with Crippen LogP contribution in [0.3, 0.4) is 0 Å². The second-order valence-corrected chi connectivity index (χ2v) is 7.03. The van der Waals surface area contributed by atoms with E-state index in [0.29, 0.717) is 12.1 Å². The second kappa shape index (κ2) is 6.80. The topological polar surface area (TPSA) is 82.9 Å². The van der Waals surface area contributed by atoms with E-state index < -0.39 is 0 Å². The molecule has 3 aromatic rings. The van der Waals surface area contributed by atoms with Crippen LogP contribution in [0, 0.1) is 0 Å². The highest BCUT2D eigenvalue weighted by atomic mass is 15.3. The number of rotatable bonds is 3. The maximum absolute atomic E-state index is 5.86. The smallest absolute Gasteiger partial charge is 0.159 e. The van der Waals surface area contributed by atoms with Gasteiger partial charge in [-0.15, -0.1) is 0 Å². The Morgan fingerprint density at radius 2 is 1.62 bits per heavy atom. The van der Waals surface area contributed by atoms with E-state index in [1.165, 1.54) is 0 Å². The summed E-state index contributed by atoms with van der Waals surface area (Å²) in [5.74, 6) is 0.989. The second-order valence-electron chi connectivity index (χ2n) is 7.03. The van der Waals surface area contributed by atoms with Gasteiger partial charge in [-0.1, -0.05) is 12.1 Å². The van der Waals surface area contributed by atoms with Crippen molar-refractivity contribution in [2.45, 2.75) is 25.9 Å². The third-order valence-corrected chi connectivity index (χ3v) is 4.77. The highest BCUT2D eigenvalue weighted by Crippen LogP contribution is 2.38. The Labute approximate surface area is 153 Å². The normalized spacial score (nSPS) is 20.3. The van der Waals surface area contributed by atoms with E-state index in [1.807, 2.05) is 48.8 Å². The molecule has 1 saturated heterocycles. The number of hydrogen-bond acceptors (Lipinski definition) is 5. The van der Waals surface area contributed by atoms with Crippen LogP contribution >= 0.6 is 0 Å². The number of aromatic nitrogens is 3. The molecule has 0 aliphatic carbocycles. The molecule has 0 bridgehead atoms. The summed E-state index contributed by atoms with van der Waals surface area (Å²) in [6, 6.07) is 12.8. The molecular weight excluding hydrogens is 324 g/mol. The highest BCUT2D eigenvalue weighted by molar-refractivity contribution is 5.89. The average Bonchev–Trinajstić information content (AvgIpc) is 3.07. The third kappa shape index (κ3) is 3.15. The number of pyridine rings is 1. The Morgan fingerprint density at radius 3 is 2.27 bits per heavy atom. The van der Waals surface area contributed by atoms with Gasteiger partial charge in [0.2, 0.25) is 0 Å². The fourth-order valence-electron chi connectivity index (χ4n) is 3.71. The first-order chi connectivity index (χ1) is 12.6. The molecule has 26 heavy (non-hydrogen) atoms. The Balaban J connectivity index is 1.83. The molecular formula is C20H24N6. The van der Waals surface area contributed by atoms with Gasteiger partial charge in [0.25, 0.3) is 0 Å². The summed E-state index contributed by atoms with van der Waals surface area (Å²) in [6.07, 6.45) is 3.64. The zero-order valence-electron chi connectivity index (χ0n) is 15.1. The molecule has 1 fully saturated rings. The van der Waals surface area contributed by atoms with E-state index in [2.05, 4.69) is 34.1 Å². The minimum Gasteiger partial charge on any atom is -0.399 e. The van der Waals surface area contributed by atoms with Crippen molar-refractivity contribution in [1.82, 2.24) is 20.5 Å². The van der Waals surface area contributed by atoms with E-state index in [1.54, 1.807) is 0 Å². The van der Waals surface area contributed by atoms with E-state index in [-0.39, 0.29) is 0 Å². The van der Waals surface area contributed by atoms with Crippen molar-refractivity contribution in [2.75, 3.05) is 23.7 Å². The number of hydrogen-bond donors (Lipinski definition) is 3. The quantitative estimate of drug-likeness (QED) is 0.634. The lowest BCUT2D eigenvalue weighted by Gasteiger charge is -2.36. The fourth-order valence-corrected chi connectivity index (χ4v) is 3.71. The largest absolute Gasteiger partial charge is 0.399 e. The van der Waals surface area contributed by atoms with Gasteiger partial charge in [0.1, 0.15) is 0 Å². The minimum absolute atomic E-state index is 0.417. The molecule has 6 nitrogen and oxygen atoms in total. The van der Waals surface area contributed by atoms with E-state index >= 15 is 0 Å². The molecule has 0 spiro atoms. The van der Waals surface area contributed by atoms with Gasteiger partial charge in [-0.3, -0.25) is 10.1 Å². The predicted octanol–water partition coefficient (Wildman–Crippen LogP) is 2.91. The van der Waals surface area contributed by atoms with Crippen LogP contribution in [0.1, 0.15) is 13.8 Å². The molecule has 1 aromatic carbocycles. The van der Waals surface area contributed by atoms with Gasteiger partial charge in [0.05, 0.1) is 11.3 Å². The summed E-state index contributed by atoms with van der Waals surface area (Å²) < 4.78 is 0. The highest BCUT2D eigenvalue weighted by Gasteiger charge is 2.27. The predicted molar refractivity (Wildman–Crippen MR) is 106 cm³/mol. The molecule has 0 saturated carbocycles. The molecule has 2 unspecified atom stereocenters. The minimum atomic E-state index is 0.417. The van der Waals surface area contributed by atoms with Gasteiger partial charge in [-0.2, -0.15) is 5.10 Å². The number of nitrogens with two attached hydrogens (primary N) is 1. The average molecular weight is 348 g/mol. The molecule has 2 atom stereocenters. The van der Waals surface area contributed by atoms with Gasteiger partial charge >= 0.3 is 0 Å². The van der Waals surface area contributed by atoms with Gasteiger partial charge in [0.15, 0.2) is 5.82 Å². The lowest BCUT2D eigenvalue weighted by atomic mass is 10.0. The summed E-state index contributed by atoms with van der Waals surface area (Å²) in [6.45, 7) is 6.27. The Hall–Kier alpha value is -2.86. The zero-order chi connectivity index (χ0) is 18.1. The number of nitrogen functional groups attached to an aromatic ring is 1. The van der Waals surface area contributed by atoms with E-state index in [0.717, 1.165) is 47.0 Å². The van der Waals surface area contributed by atoms with E-state index in [4.69, 9.17) is 10.8 Å².